The summed E-state index contributed by atoms with van der Waals surface area (Å²) in [5.74, 6) is -4.55. The number of hydrogen-bond donors (Lipinski definition) is 0. The number of alkyl halides is 2. The van der Waals surface area contributed by atoms with Gasteiger partial charge in [0, 0.05) is 52.7 Å². The molecule has 1 aliphatic heterocycles. The van der Waals surface area contributed by atoms with Crippen LogP contribution in [0, 0.1) is 11.7 Å². The molecular formula is C25H27ClF3NO2S. The predicted molar refractivity (Wildman–Crippen MR) is 126 cm³/mol. The number of carbonyl (C=O) groups is 1. The van der Waals surface area contributed by atoms with Crippen LogP contribution in [0.4, 0.5) is 18.9 Å². The van der Waals surface area contributed by atoms with Crippen LogP contribution in [0.15, 0.2) is 47.4 Å². The summed E-state index contributed by atoms with van der Waals surface area (Å²) in [6.45, 7) is 4.66. The monoisotopic (exact) mass is 497 g/mol. The lowest BCUT2D eigenvalue weighted by molar-refractivity contribution is -0.148. The van der Waals surface area contributed by atoms with E-state index in [0.29, 0.717) is 31.1 Å². The molecule has 0 N–H and O–H groups in total. The minimum atomic E-state index is -2.81. The molecule has 0 atom stereocenters. The van der Waals surface area contributed by atoms with Gasteiger partial charge in [-0.15, -0.1) is 11.8 Å². The molecule has 178 valence electrons. The Labute approximate surface area is 201 Å². The number of hydrogen-bond acceptors (Lipinski definition) is 3. The van der Waals surface area contributed by atoms with Gasteiger partial charge in [-0.3, -0.25) is 4.79 Å². The van der Waals surface area contributed by atoms with Crippen LogP contribution in [0.3, 0.4) is 0 Å². The minimum absolute atomic E-state index is 0.132. The standard InChI is InChI=1S/C25H27ClF3NO2S/c1-16(2)30(23(31)17-14-25(28,29)15-17)22-8-3-18(13-21(22)27)24(9-11-32-12-10-24)33-20-6-4-19(26)5-7-20/h3-8,13,16-17H,9-12,14-15H2,1-2H3. The molecule has 0 spiro atoms. The van der Waals surface area contributed by atoms with Crippen molar-refractivity contribution in [2.24, 2.45) is 5.92 Å². The molecule has 1 amide bonds. The Hall–Kier alpha value is -1.70. The zero-order valence-corrected chi connectivity index (χ0v) is 20.2. The SMILES string of the molecule is CC(C)N(C(=O)C1CC(F)(F)C1)c1ccc(C2(Sc3ccc(Cl)cc3)CCOCC2)cc1F. The van der Waals surface area contributed by atoms with Crippen LogP contribution in [-0.4, -0.2) is 31.1 Å². The number of benzene rings is 2. The first-order valence-corrected chi connectivity index (χ1v) is 12.3. The highest BCUT2D eigenvalue weighted by molar-refractivity contribution is 8.00. The molecule has 2 fully saturated rings. The minimum Gasteiger partial charge on any atom is -0.381 e. The van der Waals surface area contributed by atoms with Crippen LogP contribution in [0.25, 0.3) is 0 Å². The van der Waals surface area contributed by atoms with Crippen LogP contribution in [0.2, 0.25) is 5.02 Å². The molecule has 2 aromatic carbocycles. The van der Waals surface area contributed by atoms with Crippen molar-refractivity contribution in [3.63, 3.8) is 0 Å². The van der Waals surface area contributed by atoms with Crippen molar-refractivity contribution in [3.8, 4) is 0 Å². The lowest BCUT2D eigenvalue weighted by Gasteiger charge is -2.39. The Morgan fingerprint density at radius 2 is 1.76 bits per heavy atom. The van der Waals surface area contributed by atoms with Gasteiger partial charge < -0.3 is 9.64 Å². The van der Waals surface area contributed by atoms with Crippen molar-refractivity contribution in [2.75, 3.05) is 18.1 Å². The molecule has 1 saturated heterocycles. The smallest absolute Gasteiger partial charge is 0.249 e. The Balaban J connectivity index is 1.63. The fourth-order valence-corrected chi connectivity index (χ4v) is 6.01. The number of anilines is 1. The number of ether oxygens (including phenoxy) is 1. The summed E-state index contributed by atoms with van der Waals surface area (Å²) in [6.07, 6.45) is 0.470. The van der Waals surface area contributed by atoms with Crippen LogP contribution < -0.4 is 4.90 Å². The van der Waals surface area contributed by atoms with E-state index in [1.807, 2.05) is 30.3 Å². The zero-order valence-electron chi connectivity index (χ0n) is 18.6. The van der Waals surface area contributed by atoms with Gasteiger partial charge in [0.15, 0.2) is 0 Å². The number of carbonyl (C=O) groups excluding carboxylic acids is 1. The second kappa shape index (κ2) is 9.51. The van der Waals surface area contributed by atoms with Gasteiger partial charge in [-0.2, -0.15) is 0 Å². The normalized spacial score (nSPS) is 19.8. The van der Waals surface area contributed by atoms with E-state index in [2.05, 4.69) is 0 Å². The van der Waals surface area contributed by atoms with E-state index in [1.54, 1.807) is 31.7 Å². The summed E-state index contributed by atoms with van der Waals surface area (Å²) in [5, 5.41) is 0.651. The molecule has 1 heterocycles. The molecule has 2 aromatic rings. The fourth-order valence-electron chi connectivity index (χ4n) is 4.55. The van der Waals surface area contributed by atoms with Gasteiger partial charge in [0.05, 0.1) is 5.69 Å². The molecule has 2 aliphatic rings. The van der Waals surface area contributed by atoms with Crippen molar-refractivity contribution in [1.82, 2.24) is 0 Å². The summed E-state index contributed by atoms with van der Waals surface area (Å²) < 4.78 is 47.3. The molecular weight excluding hydrogens is 471 g/mol. The van der Waals surface area contributed by atoms with Crippen LogP contribution in [0.5, 0.6) is 0 Å². The maximum absolute atomic E-state index is 15.5. The first-order chi connectivity index (χ1) is 15.6. The van der Waals surface area contributed by atoms with Crippen LogP contribution in [-0.2, 0) is 14.3 Å². The zero-order chi connectivity index (χ0) is 23.8. The summed E-state index contributed by atoms with van der Waals surface area (Å²) in [7, 11) is 0. The first-order valence-electron chi connectivity index (χ1n) is 11.1. The Kier molecular flexibility index (Phi) is 7.04. The van der Waals surface area contributed by atoms with E-state index in [-0.39, 0.29) is 16.5 Å². The Morgan fingerprint density at radius 3 is 2.30 bits per heavy atom. The number of rotatable bonds is 6. The number of nitrogens with zero attached hydrogens (tertiary/aromatic N) is 1. The van der Waals surface area contributed by atoms with Gasteiger partial charge in [-0.05, 0) is 68.7 Å². The fraction of sp³-hybridized carbons (Fsp3) is 0.480. The molecule has 0 unspecified atom stereocenters. The summed E-state index contributed by atoms with van der Waals surface area (Å²) >= 11 is 7.68. The molecule has 33 heavy (non-hydrogen) atoms. The van der Waals surface area contributed by atoms with Crippen molar-refractivity contribution < 1.29 is 22.7 Å². The average molecular weight is 498 g/mol. The third-order valence-corrected chi connectivity index (χ3v) is 8.15. The average Bonchev–Trinajstić information content (AvgIpc) is 2.75. The van der Waals surface area contributed by atoms with Gasteiger partial charge in [-0.25, -0.2) is 13.2 Å². The summed E-state index contributed by atoms with van der Waals surface area (Å²) in [5.41, 5.74) is 0.950. The number of amides is 1. The van der Waals surface area contributed by atoms with Crippen LogP contribution in [0.1, 0.15) is 45.1 Å². The van der Waals surface area contributed by atoms with Gasteiger partial charge in [0.2, 0.25) is 11.8 Å². The van der Waals surface area contributed by atoms with Gasteiger partial charge >= 0.3 is 0 Å². The van der Waals surface area contributed by atoms with E-state index < -0.39 is 36.4 Å². The molecule has 1 saturated carbocycles. The number of thioether (sulfide) groups is 1. The van der Waals surface area contributed by atoms with Gasteiger partial charge in [0.1, 0.15) is 5.82 Å². The van der Waals surface area contributed by atoms with Gasteiger partial charge in [0.25, 0.3) is 0 Å². The van der Waals surface area contributed by atoms with E-state index in [1.165, 1.54) is 11.0 Å². The van der Waals surface area contributed by atoms with Crippen molar-refractivity contribution in [1.29, 1.82) is 0 Å². The molecule has 1 aliphatic carbocycles. The molecule has 0 radical (unpaired) electrons. The largest absolute Gasteiger partial charge is 0.381 e. The maximum atomic E-state index is 15.5. The lowest BCUT2D eigenvalue weighted by atomic mass is 9.80. The predicted octanol–water partition coefficient (Wildman–Crippen LogP) is 7.06. The molecule has 0 aromatic heterocycles. The highest BCUT2D eigenvalue weighted by Gasteiger charge is 2.50. The molecule has 8 heteroatoms. The summed E-state index contributed by atoms with van der Waals surface area (Å²) in [4.78, 5) is 15.3. The van der Waals surface area contributed by atoms with E-state index in [4.69, 9.17) is 16.3 Å². The second-order valence-electron chi connectivity index (χ2n) is 9.09. The quantitative estimate of drug-likeness (QED) is 0.427. The van der Waals surface area contributed by atoms with E-state index in [9.17, 15) is 13.6 Å². The van der Waals surface area contributed by atoms with Crippen molar-refractivity contribution in [2.45, 2.75) is 61.1 Å². The number of halogens is 4. The van der Waals surface area contributed by atoms with E-state index in [0.717, 1.165) is 10.5 Å². The molecule has 0 bridgehead atoms. The van der Waals surface area contributed by atoms with Crippen molar-refractivity contribution in [3.05, 3.63) is 58.9 Å². The maximum Gasteiger partial charge on any atom is 0.249 e. The van der Waals surface area contributed by atoms with Crippen molar-refractivity contribution >= 4 is 35.0 Å². The Morgan fingerprint density at radius 1 is 1.12 bits per heavy atom. The topological polar surface area (TPSA) is 29.5 Å². The third-order valence-electron chi connectivity index (χ3n) is 6.35. The highest BCUT2D eigenvalue weighted by atomic mass is 35.5. The summed E-state index contributed by atoms with van der Waals surface area (Å²) in [6, 6.07) is 12.1. The molecule has 4 rings (SSSR count). The first kappa shape index (κ1) is 24.4. The second-order valence-corrected chi connectivity index (χ2v) is 11.0. The van der Waals surface area contributed by atoms with Gasteiger partial charge in [-0.1, -0.05) is 17.7 Å². The highest BCUT2D eigenvalue weighted by Crippen LogP contribution is 2.49. The third kappa shape index (κ3) is 5.20. The Bertz CT molecular complexity index is 1000. The van der Waals surface area contributed by atoms with E-state index >= 15 is 4.39 Å². The van der Waals surface area contributed by atoms with Crippen LogP contribution >= 0.6 is 23.4 Å². The molecule has 3 nitrogen and oxygen atoms in total. The lowest BCUT2D eigenvalue weighted by Crippen LogP contribution is -2.49.